The Hall–Kier alpha value is -2.45. The molecule has 5 rings (SSSR count). The molecule has 38 heavy (non-hydrogen) atoms. The third-order valence-electron chi connectivity index (χ3n) is 7.39. The van der Waals surface area contributed by atoms with Crippen molar-refractivity contribution in [3.8, 4) is 0 Å². The van der Waals surface area contributed by atoms with Crippen LogP contribution in [-0.2, 0) is 18.9 Å². The summed E-state index contributed by atoms with van der Waals surface area (Å²) in [4.78, 5) is 9.69. The Morgan fingerprint density at radius 1 is 0.789 bits per heavy atom. The summed E-state index contributed by atoms with van der Waals surface area (Å²) >= 11 is -2.97. The number of halogens is 2. The molecule has 190 valence electrons. The monoisotopic (exact) mass is 614 g/mol. The van der Waals surface area contributed by atoms with Crippen LogP contribution in [-0.4, -0.2) is 13.2 Å². The fraction of sp³-hybridized carbons (Fsp3) is 0.182. The van der Waals surface area contributed by atoms with Crippen molar-refractivity contribution in [1.82, 2.24) is 9.97 Å². The second-order valence-corrected chi connectivity index (χ2v) is 18.8. The molecule has 0 radical (unpaired) electrons. The van der Waals surface area contributed by atoms with Gasteiger partial charge >= 0.3 is 242 Å². The summed E-state index contributed by atoms with van der Waals surface area (Å²) in [5.41, 5.74) is 5.82. The van der Waals surface area contributed by atoms with Crippen molar-refractivity contribution in [2.75, 3.05) is 0 Å². The fourth-order valence-corrected chi connectivity index (χ4v) is 10.3. The van der Waals surface area contributed by atoms with Gasteiger partial charge in [0.05, 0.1) is 0 Å². The molecular weight excluding hydrogens is 587 g/mol. The van der Waals surface area contributed by atoms with Crippen molar-refractivity contribution in [3.63, 3.8) is 0 Å². The van der Waals surface area contributed by atoms with E-state index in [0.29, 0.717) is 0 Å². The first-order valence-corrected chi connectivity index (χ1v) is 20.3. The second kappa shape index (κ2) is 11.3. The number of allylic oxidation sites excluding steroid dienone is 9. The molecule has 3 aromatic rings. The van der Waals surface area contributed by atoms with Crippen LogP contribution in [0.15, 0.2) is 133 Å². The van der Waals surface area contributed by atoms with E-state index < -0.39 is 18.9 Å². The molecule has 1 unspecified atom stereocenters. The van der Waals surface area contributed by atoms with E-state index in [0.717, 1.165) is 31.3 Å². The number of hydrogen-bond donors (Lipinski definition) is 0. The molecule has 5 heteroatoms. The van der Waals surface area contributed by atoms with E-state index in [1.54, 1.807) is 0 Å². The van der Waals surface area contributed by atoms with E-state index in [9.17, 15) is 0 Å². The van der Waals surface area contributed by atoms with Crippen LogP contribution in [0.2, 0.25) is 0 Å². The molecule has 0 fully saturated rings. The Morgan fingerprint density at radius 2 is 1.37 bits per heavy atom. The first kappa shape index (κ1) is 27.1. The second-order valence-electron chi connectivity index (χ2n) is 10.5. The fourth-order valence-electron chi connectivity index (χ4n) is 5.51. The van der Waals surface area contributed by atoms with Crippen molar-refractivity contribution < 1.29 is 18.9 Å². The molecule has 2 aromatic heterocycles. The number of rotatable bonds is 5. The van der Waals surface area contributed by atoms with Gasteiger partial charge < -0.3 is 0 Å². The molecule has 0 aliphatic heterocycles. The SMILES string of the molecule is CC(C)(C)C1(C2=CC=CC([C](c3ccccc3)=[Zr]([Cl])[Cl])C2=C(c2ccccn2)c2ccccn2)C=CC=C1. The minimum absolute atomic E-state index is 0.0981. The summed E-state index contributed by atoms with van der Waals surface area (Å²) in [6.07, 6.45) is 19.3. The molecule has 2 aliphatic rings. The van der Waals surface area contributed by atoms with Gasteiger partial charge in [-0.25, -0.2) is 0 Å². The molecule has 1 aromatic carbocycles. The van der Waals surface area contributed by atoms with Crippen molar-refractivity contribution in [1.29, 1.82) is 0 Å². The maximum atomic E-state index is 7.00. The molecule has 0 saturated carbocycles. The Morgan fingerprint density at radius 3 is 1.87 bits per heavy atom. The summed E-state index contributed by atoms with van der Waals surface area (Å²) in [6.45, 7) is 6.89. The number of benzene rings is 1. The standard InChI is InChI=1S/C33H30N2.2ClH.Zr/c1-32(2,3)33(20-9-10-21-33)27-17-13-16-26(24-25-14-5-4-6-15-25)30(27)31(28-18-7-11-22-34-28)29-19-8-12-23-35-29;;;/h4-23,26H,1-3H3;2*1H;/q;;;+2/p-2. The van der Waals surface area contributed by atoms with Crippen LogP contribution in [0.1, 0.15) is 37.7 Å². The van der Waals surface area contributed by atoms with Gasteiger partial charge in [-0.15, -0.1) is 0 Å². The van der Waals surface area contributed by atoms with Gasteiger partial charge in [0.2, 0.25) is 0 Å². The number of aromatic nitrogens is 2. The Bertz CT molecular complexity index is 1440. The van der Waals surface area contributed by atoms with Crippen molar-refractivity contribution in [2.24, 2.45) is 16.7 Å². The molecular formula is C33H30Cl2N2Zr. The minimum atomic E-state index is -2.97. The zero-order chi connectivity index (χ0) is 26.8. The van der Waals surface area contributed by atoms with Gasteiger partial charge in [-0.2, -0.15) is 0 Å². The van der Waals surface area contributed by atoms with Crippen LogP contribution in [0.4, 0.5) is 0 Å². The van der Waals surface area contributed by atoms with E-state index in [2.05, 4.69) is 99.7 Å². The molecule has 0 N–H and O–H groups in total. The summed E-state index contributed by atoms with van der Waals surface area (Å²) < 4.78 is 1.13. The van der Waals surface area contributed by atoms with Gasteiger partial charge in [-0.1, -0.05) is 0 Å². The Kier molecular flexibility index (Phi) is 8.10. The maximum absolute atomic E-state index is 7.00. The average Bonchev–Trinajstić information content (AvgIpc) is 3.43. The van der Waals surface area contributed by atoms with Gasteiger partial charge in [0.1, 0.15) is 0 Å². The molecule has 2 nitrogen and oxygen atoms in total. The third-order valence-corrected chi connectivity index (χ3v) is 12.3. The topological polar surface area (TPSA) is 25.8 Å². The van der Waals surface area contributed by atoms with Gasteiger partial charge in [0.25, 0.3) is 0 Å². The normalized spacial score (nSPS) is 17.9. The molecule has 0 saturated heterocycles. The first-order chi connectivity index (χ1) is 18.3. The van der Waals surface area contributed by atoms with Gasteiger partial charge in [0, 0.05) is 0 Å². The Labute approximate surface area is 240 Å². The van der Waals surface area contributed by atoms with Crippen molar-refractivity contribution in [2.45, 2.75) is 20.8 Å². The number of pyridine rings is 2. The van der Waals surface area contributed by atoms with Crippen LogP contribution in [0.25, 0.3) is 5.57 Å². The molecule has 2 aliphatic carbocycles. The van der Waals surface area contributed by atoms with Crippen LogP contribution in [0.5, 0.6) is 0 Å². The van der Waals surface area contributed by atoms with E-state index in [4.69, 9.17) is 27.0 Å². The van der Waals surface area contributed by atoms with Crippen LogP contribution < -0.4 is 0 Å². The van der Waals surface area contributed by atoms with E-state index in [-0.39, 0.29) is 16.7 Å². The summed E-state index contributed by atoms with van der Waals surface area (Å²) in [5.74, 6) is -0.109. The molecule has 0 bridgehead atoms. The predicted molar refractivity (Wildman–Crippen MR) is 158 cm³/mol. The van der Waals surface area contributed by atoms with Gasteiger partial charge in [-0.3, -0.25) is 0 Å². The van der Waals surface area contributed by atoms with Crippen molar-refractivity contribution in [3.05, 3.63) is 150 Å². The number of hydrogen-bond acceptors (Lipinski definition) is 2. The predicted octanol–water partition coefficient (Wildman–Crippen LogP) is 8.70. The molecule has 1 atom stereocenters. The van der Waals surface area contributed by atoms with Gasteiger partial charge in [0.15, 0.2) is 0 Å². The summed E-state index contributed by atoms with van der Waals surface area (Å²) in [5, 5.41) is 0. The van der Waals surface area contributed by atoms with Crippen LogP contribution in [0.3, 0.4) is 0 Å². The first-order valence-electron chi connectivity index (χ1n) is 12.8. The molecule has 0 spiro atoms. The molecule has 0 amide bonds. The Balaban J connectivity index is 1.91. The third kappa shape index (κ3) is 5.09. The quantitative estimate of drug-likeness (QED) is 0.287. The van der Waals surface area contributed by atoms with Gasteiger partial charge in [-0.05, 0) is 0 Å². The van der Waals surface area contributed by atoms with E-state index in [1.165, 1.54) is 5.57 Å². The zero-order valence-electron chi connectivity index (χ0n) is 21.8. The summed E-state index contributed by atoms with van der Waals surface area (Å²) in [7, 11) is 14.0. The summed E-state index contributed by atoms with van der Waals surface area (Å²) in [6, 6.07) is 22.5. The van der Waals surface area contributed by atoms with E-state index >= 15 is 0 Å². The van der Waals surface area contributed by atoms with Crippen LogP contribution >= 0.6 is 17.0 Å². The number of nitrogens with zero attached hydrogens (tertiary/aromatic N) is 2. The van der Waals surface area contributed by atoms with E-state index in [1.807, 2.05) is 42.7 Å². The zero-order valence-corrected chi connectivity index (χ0v) is 25.7. The van der Waals surface area contributed by atoms with Crippen molar-refractivity contribution >= 4 is 25.8 Å². The average molecular weight is 617 g/mol. The van der Waals surface area contributed by atoms with Crippen LogP contribution in [0, 0.1) is 16.7 Å². The molecule has 2 heterocycles.